The molecule has 0 unspecified atom stereocenters. The van der Waals surface area contributed by atoms with Gasteiger partial charge < -0.3 is 10.2 Å². The average molecular weight is 323 g/mol. The first kappa shape index (κ1) is 15.7. The van der Waals surface area contributed by atoms with Crippen molar-refractivity contribution >= 4 is 40.3 Å². The summed E-state index contributed by atoms with van der Waals surface area (Å²) in [5, 5.41) is 3.70. The lowest BCUT2D eigenvalue weighted by atomic mass is 10.2. The van der Waals surface area contributed by atoms with Crippen molar-refractivity contribution < 1.29 is 4.39 Å². The zero-order chi connectivity index (χ0) is 15.4. The predicted molar refractivity (Wildman–Crippen MR) is 91.7 cm³/mol. The monoisotopic (exact) mass is 322 g/mol. The third-order valence-corrected chi connectivity index (χ3v) is 3.53. The van der Waals surface area contributed by atoms with Crippen LogP contribution in [-0.2, 0) is 0 Å². The molecule has 0 amide bonds. The van der Waals surface area contributed by atoms with E-state index in [0.717, 1.165) is 5.69 Å². The van der Waals surface area contributed by atoms with E-state index in [-0.39, 0.29) is 11.1 Å². The normalized spacial score (nSPS) is 10.5. The Bertz CT molecular complexity index is 631. The lowest BCUT2D eigenvalue weighted by molar-refractivity contribution is 0.628. The van der Waals surface area contributed by atoms with E-state index in [2.05, 4.69) is 19.2 Å². The molecular formula is C16H16ClFN2S. The molecule has 0 fully saturated rings. The van der Waals surface area contributed by atoms with Crippen LogP contribution >= 0.6 is 23.8 Å². The van der Waals surface area contributed by atoms with Gasteiger partial charge in [0.05, 0.1) is 5.02 Å². The molecule has 2 rings (SSSR count). The fourth-order valence-corrected chi connectivity index (χ4v) is 2.61. The summed E-state index contributed by atoms with van der Waals surface area (Å²) < 4.78 is 13.2. The van der Waals surface area contributed by atoms with E-state index in [9.17, 15) is 4.39 Å². The predicted octanol–water partition coefficient (Wildman–Crippen LogP) is 5.09. The molecule has 21 heavy (non-hydrogen) atoms. The second-order valence-corrected chi connectivity index (χ2v) is 5.65. The summed E-state index contributed by atoms with van der Waals surface area (Å²) in [4.78, 5) is 1.99. The van der Waals surface area contributed by atoms with Crippen LogP contribution in [0.5, 0.6) is 0 Å². The first-order valence-electron chi connectivity index (χ1n) is 6.59. The van der Waals surface area contributed by atoms with Gasteiger partial charge in [-0.3, -0.25) is 0 Å². The smallest absolute Gasteiger partial charge is 0.178 e. The number of anilines is 2. The standard InChI is InChI=1S/C16H16ClFN2S/c1-11(2)20(13-6-4-3-5-7-13)16(21)19-12-8-9-15(18)14(17)10-12/h3-11H,1-2H3,(H,19,21). The first-order valence-corrected chi connectivity index (χ1v) is 7.38. The van der Waals surface area contributed by atoms with E-state index in [4.69, 9.17) is 23.8 Å². The van der Waals surface area contributed by atoms with Crippen LogP contribution in [0.15, 0.2) is 48.5 Å². The number of benzene rings is 2. The largest absolute Gasteiger partial charge is 0.332 e. The lowest BCUT2D eigenvalue weighted by Crippen LogP contribution is -2.40. The second-order valence-electron chi connectivity index (χ2n) is 4.86. The van der Waals surface area contributed by atoms with Gasteiger partial charge in [0, 0.05) is 17.4 Å². The van der Waals surface area contributed by atoms with Crippen LogP contribution < -0.4 is 10.2 Å². The third kappa shape index (κ3) is 3.93. The molecular weight excluding hydrogens is 307 g/mol. The number of nitrogens with zero attached hydrogens (tertiary/aromatic N) is 1. The SMILES string of the molecule is CC(C)N(C(=S)Nc1ccc(F)c(Cl)c1)c1ccccc1. The third-order valence-electron chi connectivity index (χ3n) is 2.94. The van der Waals surface area contributed by atoms with E-state index in [1.54, 1.807) is 6.07 Å². The molecule has 0 aliphatic carbocycles. The average Bonchev–Trinajstić information content (AvgIpc) is 2.44. The van der Waals surface area contributed by atoms with E-state index < -0.39 is 5.82 Å². The van der Waals surface area contributed by atoms with Crippen LogP contribution in [0, 0.1) is 5.82 Å². The Labute approximate surface area is 134 Å². The van der Waals surface area contributed by atoms with E-state index in [0.29, 0.717) is 10.8 Å². The fraction of sp³-hybridized carbons (Fsp3) is 0.188. The molecule has 0 saturated heterocycles. The van der Waals surface area contributed by atoms with E-state index in [1.807, 2.05) is 35.2 Å². The Hall–Kier alpha value is -1.65. The molecule has 0 radical (unpaired) electrons. The van der Waals surface area contributed by atoms with Gasteiger partial charge in [0.1, 0.15) is 5.82 Å². The Kier molecular flexibility index (Phi) is 5.15. The fourth-order valence-electron chi connectivity index (χ4n) is 2.00. The highest BCUT2D eigenvalue weighted by atomic mass is 35.5. The van der Waals surface area contributed by atoms with Gasteiger partial charge in [0.2, 0.25) is 0 Å². The van der Waals surface area contributed by atoms with E-state index >= 15 is 0 Å². The van der Waals surface area contributed by atoms with Crippen molar-refractivity contribution in [2.24, 2.45) is 0 Å². The second kappa shape index (κ2) is 6.87. The molecule has 2 nitrogen and oxygen atoms in total. The summed E-state index contributed by atoms with van der Waals surface area (Å²) in [5.74, 6) is -0.447. The van der Waals surface area contributed by atoms with Gasteiger partial charge in [0.25, 0.3) is 0 Å². The number of hydrogen-bond acceptors (Lipinski definition) is 1. The van der Waals surface area contributed by atoms with Crippen LogP contribution in [0.1, 0.15) is 13.8 Å². The summed E-state index contributed by atoms with van der Waals surface area (Å²) in [6, 6.07) is 14.5. The molecule has 0 atom stereocenters. The molecule has 0 aliphatic heterocycles. The molecule has 5 heteroatoms. The number of hydrogen-bond donors (Lipinski definition) is 1. The topological polar surface area (TPSA) is 15.3 Å². The highest BCUT2D eigenvalue weighted by molar-refractivity contribution is 7.80. The zero-order valence-electron chi connectivity index (χ0n) is 11.8. The van der Waals surface area contributed by atoms with Gasteiger partial charge in [-0.1, -0.05) is 29.8 Å². The van der Waals surface area contributed by atoms with Gasteiger partial charge in [-0.05, 0) is 56.4 Å². The van der Waals surface area contributed by atoms with Crippen molar-refractivity contribution in [1.82, 2.24) is 0 Å². The summed E-state index contributed by atoms with van der Waals surface area (Å²) in [7, 11) is 0. The maximum atomic E-state index is 13.2. The minimum atomic E-state index is -0.447. The number of para-hydroxylation sites is 1. The maximum Gasteiger partial charge on any atom is 0.178 e. The van der Waals surface area contributed by atoms with Crippen LogP contribution in [0.4, 0.5) is 15.8 Å². The molecule has 2 aromatic carbocycles. The molecule has 1 N–H and O–H groups in total. The van der Waals surface area contributed by atoms with Gasteiger partial charge in [-0.25, -0.2) is 4.39 Å². The van der Waals surface area contributed by atoms with Crippen molar-refractivity contribution in [3.8, 4) is 0 Å². The van der Waals surface area contributed by atoms with Crippen molar-refractivity contribution in [2.75, 3.05) is 10.2 Å². The van der Waals surface area contributed by atoms with Crippen LogP contribution in [-0.4, -0.2) is 11.2 Å². The quantitative estimate of drug-likeness (QED) is 0.792. The van der Waals surface area contributed by atoms with Gasteiger partial charge in [-0.2, -0.15) is 0 Å². The Balaban J connectivity index is 2.21. The summed E-state index contributed by atoms with van der Waals surface area (Å²) in [6.07, 6.45) is 0. The number of rotatable bonds is 3. The van der Waals surface area contributed by atoms with Crippen LogP contribution in [0.25, 0.3) is 0 Å². The Morgan fingerprint density at radius 3 is 2.43 bits per heavy atom. The number of thiocarbonyl (C=S) groups is 1. The van der Waals surface area contributed by atoms with Crippen molar-refractivity contribution in [3.63, 3.8) is 0 Å². The van der Waals surface area contributed by atoms with Gasteiger partial charge in [0.15, 0.2) is 5.11 Å². The minimum Gasteiger partial charge on any atom is -0.332 e. The molecule has 2 aromatic rings. The molecule has 0 aromatic heterocycles. The van der Waals surface area contributed by atoms with Crippen molar-refractivity contribution in [1.29, 1.82) is 0 Å². The molecule has 0 bridgehead atoms. The minimum absolute atomic E-state index is 0.0682. The number of nitrogens with one attached hydrogen (secondary N) is 1. The maximum absolute atomic E-state index is 13.2. The lowest BCUT2D eigenvalue weighted by Gasteiger charge is -2.29. The molecule has 0 spiro atoms. The molecule has 0 heterocycles. The number of halogens is 2. The summed E-state index contributed by atoms with van der Waals surface area (Å²) in [6.45, 7) is 4.11. The zero-order valence-corrected chi connectivity index (χ0v) is 13.4. The van der Waals surface area contributed by atoms with Crippen molar-refractivity contribution in [3.05, 3.63) is 59.4 Å². The molecule has 110 valence electrons. The summed E-state index contributed by atoms with van der Waals surface area (Å²) >= 11 is 11.3. The van der Waals surface area contributed by atoms with Crippen LogP contribution in [0.2, 0.25) is 5.02 Å². The summed E-state index contributed by atoms with van der Waals surface area (Å²) in [5.41, 5.74) is 1.66. The molecule has 0 saturated carbocycles. The Morgan fingerprint density at radius 1 is 1.19 bits per heavy atom. The van der Waals surface area contributed by atoms with Gasteiger partial charge >= 0.3 is 0 Å². The van der Waals surface area contributed by atoms with E-state index in [1.165, 1.54) is 12.1 Å². The first-order chi connectivity index (χ1) is 9.99. The van der Waals surface area contributed by atoms with Gasteiger partial charge in [-0.15, -0.1) is 0 Å². The molecule has 0 aliphatic rings. The highest BCUT2D eigenvalue weighted by Crippen LogP contribution is 2.22. The highest BCUT2D eigenvalue weighted by Gasteiger charge is 2.15. The van der Waals surface area contributed by atoms with Crippen molar-refractivity contribution in [2.45, 2.75) is 19.9 Å². The Morgan fingerprint density at radius 2 is 1.86 bits per heavy atom. The van der Waals surface area contributed by atoms with Crippen LogP contribution in [0.3, 0.4) is 0 Å².